The topological polar surface area (TPSA) is 46.0 Å². The Kier molecular flexibility index (Phi) is 3.92. The first-order valence-electron chi connectivity index (χ1n) is 8.62. The molecule has 0 saturated heterocycles. The van der Waals surface area contributed by atoms with E-state index in [0.29, 0.717) is 0 Å². The summed E-state index contributed by atoms with van der Waals surface area (Å²) in [5, 5.41) is 7.97. The van der Waals surface area contributed by atoms with Gasteiger partial charge in [0.1, 0.15) is 6.33 Å². The van der Waals surface area contributed by atoms with Crippen LogP contribution in [0, 0.1) is 6.92 Å². The molecule has 3 aromatic rings. The third kappa shape index (κ3) is 2.97. The molecule has 0 spiro atoms. The van der Waals surface area contributed by atoms with Crippen LogP contribution in [0.3, 0.4) is 0 Å². The fourth-order valence-electron chi connectivity index (χ4n) is 3.41. The van der Waals surface area contributed by atoms with E-state index in [1.807, 2.05) is 4.68 Å². The van der Waals surface area contributed by atoms with Crippen LogP contribution < -0.4 is 10.2 Å². The van der Waals surface area contributed by atoms with E-state index in [1.165, 1.54) is 22.4 Å². The molecule has 25 heavy (non-hydrogen) atoms. The maximum absolute atomic E-state index is 4.45. The van der Waals surface area contributed by atoms with Gasteiger partial charge in [-0.3, -0.25) is 0 Å². The molecule has 2 unspecified atom stereocenters. The molecule has 1 aliphatic heterocycles. The van der Waals surface area contributed by atoms with E-state index in [1.54, 1.807) is 6.33 Å². The van der Waals surface area contributed by atoms with Crippen LogP contribution in [-0.2, 0) is 0 Å². The second-order valence-electron chi connectivity index (χ2n) is 6.87. The zero-order valence-corrected chi connectivity index (χ0v) is 14.8. The average molecular weight is 333 g/mol. The van der Waals surface area contributed by atoms with Crippen molar-refractivity contribution < 1.29 is 0 Å². The standard InChI is InChI=1S/C20H23N5/c1-14-4-6-15(7-5-14)18-12-19(25-20(23-18)21-13-22-25)16-8-10-17(11-9-16)24(2)3/h4-11,13,18-19H,12H2,1-3H3,(H,21,22,23). The van der Waals surface area contributed by atoms with Crippen LogP contribution in [0.1, 0.15) is 35.2 Å². The third-order valence-corrected chi connectivity index (χ3v) is 4.90. The minimum atomic E-state index is 0.182. The van der Waals surface area contributed by atoms with Crippen molar-refractivity contribution in [3.8, 4) is 0 Å². The highest BCUT2D eigenvalue weighted by Crippen LogP contribution is 2.37. The molecule has 0 saturated carbocycles. The third-order valence-electron chi connectivity index (χ3n) is 4.90. The summed E-state index contributed by atoms with van der Waals surface area (Å²) in [5.41, 5.74) is 5.02. The smallest absolute Gasteiger partial charge is 0.222 e. The summed E-state index contributed by atoms with van der Waals surface area (Å²) in [5.74, 6) is 0.832. The number of aromatic nitrogens is 3. The lowest BCUT2D eigenvalue weighted by atomic mass is 9.93. The van der Waals surface area contributed by atoms with Gasteiger partial charge in [-0.2, -0.15) is 10.1 Å². The van der Waals surface area contributed by atoms with E-state index >= 15 is 0 Å². The van der Waals surface area contributed by atoms with Gasteiger partial charge in [0, 0.05) is 19.8 Å². The Labute approximate surface area is 148 Å². The van der Waals surface area contributed by atoms with Gasteiger partial charge in [0.15, 0.2) is 0 Å². The fraction of sp³-hybridized carbons (Fsp3) is 0.300. The molecule has 0 aliphatic carbocycles. The molecule has 4 rings (SSSR count). The number of benzene rings is 2. The van der Waals surface area contributed by atoms with Crippen LogP contribution in [-0.4, -0.2) is 28.9 Å². The summed E-state index contributed by atoms with van der Waals surface area (Å²) in [4.78, 5) is 6.52. The van der Waals surface area contributed by atoms with E-state index < -0.39 is 0 Å². The van der Waals surface area contributed by atoms with Gasteiger partial charge in [-0.05, 0) is 36.6 Å². The van der Waals surface area contributed by atoms with Crippen molar-refractivity contribution >= 4 is 11.6 Å². The van der Waals surface area contributed by atoms with Gasteiger partial charge in [-0.25, -0.2) is 4.68 Å². The van der Waals surface area contributed by atoms with Crippen LogP contribution in [0.15, 0.2) is 54.9 Å². The summed E-state index contributed by atoms with van der Waals surface area (Å²) in [6.45, 7) is 2.11. The predicted molar refractivity (Wildman–Crippen MR) is 101 cm³/mol. The Morgan fingerprint density at radius 2 is 1.68 bits per heavy atom. The molecule has 0 fully saturated rings. The molecule has 5 nitrogen and oxygen atoms in total. The van der Waals surface area contributed by atoms with Crippen molar-refractivity contribution in [1.82, 2.24) is 14.8 Å². The second kappa shape index (κ2) is 6.24. The predicted octanol–water partition coefficient (Wildman–Crippen LogP) is 3.80. The molecular formula is C20H23N5. The average Bonchev–Trinajstić information content (AvgIpc) is 3.10. The van der Waals surface area contributed by atoms with Crippen LogP contribution in [0.2, 0.25) is 0 Å². The fourth-order valence-corrected chi connectivity index (χ4v) is 3.41. The van der Waals surface area contributed by atoms with Crippen molar-refractivity contribution in [2.24, 2.45) is 0 Å². The molecule has 1 N–H and O–H groups in total. The molecule has 1 aliphatic rings. The molecule has 1 aromatic heterocycles. The van der Waals surface area contributed by atoms with Crippen LogP contribution in [0.4, 0.5) is 11.6 Å². The van der Waals surface area contributed by atoms with Gasteiger partial charge < -0.3 is 10.2 Å². The molecule has 0 bridgehead atoms. The van der Waals surface area contributed by atoms with Crippen molar-refractivity contribution in [3.63, 3.8) is 0 Å². The second-order valence-corrected chi connectivity index (χ2v) is 6.87. The zero-order valence-electron chi connectivity index (χ0n) is 14.8. The maximum atomic E-state index is 4.45. The first-order valence-corrected chi connectivity index (χ1v) is 8.62. The van der Waals surface area contributed by atoms with E-state index in [2.05, 4.69) is 89.8 Å². The van der Waals surface area contributed by atoms with E-state index in [0.717, 1.165) is 12.4 Å². The number of anilines is 2. The van der Waals surface area contributed by atoms with Crippen molar-refractivity contribution in [2.45, 2.75) is 25.4 Å². The number of nitrogens with one attached hydrogen (secondary N) is 1. The number of hydrogen-bond donors (Lipinski definition) is 1. The van der Waals surface area contributed by atoms with E-state index in [-0.39, 0.29) is 12.1 Å². The van der Waals surface area contributed by atoms with Crippen LogP contribution in [0.25, 0.3) is 0 Å². The summed E-state index contributed by atoms with van der Waals surface area (Å²) < 4.78 is 2.00. The number of fused-ring (bicyclic) bond motifs is 1. The molecule has 0 amide bonds. The minimum Gasteiger partial charge on any atom is -0.378 e. The van der Waals surface area contributed by atoms with Gasteiger partial charge in [0.05, 0.1) is 12.1 Å². The van der Waals surface area contributed by atoms with Crippen LogP contribution >= 0.6 is 0 Å². The molecule has 2 aromatic carbocycles. The molecular weight excluding hydrogens is 310 g/mol. The van der Waals surface area contributed by atoms with Gasteiger partial charge >= 0.3 is 0 Å². The number of hydrogen-bond acceptors (Lipinski definition) is 4. The Morgan fingerprint density at radius 3 is 2.36 bits per heavy atom. The lowest BCUT2D eigenvalue weighted by Gasteiger charge is -2.32. The highest BCUT2D eigenvalue weighted by molar-refractivity contribution is 5.47. The van der Waals surface area contributed by atoms with Crippen molar-refractivity contribution in [1.29, 1.82) is 0 Å². The summed E-state index contributed by atoms with van der Waals surface area (Å²) in [6.07, 6.45) is 2.57. The molecule has 128 valence electrons. The Balaban J connectivity index is 1.68. The quantitative estimate of drug-likeness (QED) is 0.792. The van der Waals surface area contributed by atoms with Gasteiger partial charge in [0.25, 0.3) is 0 Å². The summed E-state index contributed by atoms with van der Waals surface area (Å²) >= 11 is 0. The van der Waals surface area contributed by atoms with Gasteiger partial charge in [-0.15, -0.1) is 0 Å². The summed E-state index contributed by atoms with van der Waals surface area (Å²) in [6, 6.07) is 17.9. The monoisotopic (exact) mass is 333 g/mol. The number of aryl methyl sites for hydroxylation is 1. The summed E-state index contributed by atoms with van der Waals surface area (Å²) in [7, 11) is 4.12. The van der Waals surface area contributed by atoms with Crippen molar-refractivity contribution in [3.05, 3.63) is 71.5 Å². The van der Waals surface area contributed by atoms with E-state index in [4.69, 9.17) is 0 Å². The molecule has 2 heterocycles. The largest absolute Gasteiger partial charge is 0.378 e. The lowest BCUT2D eigenvalue weighted by molar-refractivity contribution is 0.431. The van der Waals surface area contributed by atoms with Crippen molar-refractivity contribution in [2.75, 3.05) is 24.3 Å². The Hall–Kier alpha value is -2.82. The van der Waals surface area contributed by atoms with Gasteiger partial charge in [-0.1, -0.05) is 42.0 Å². The van der Waals surface area contributed by atoms with Crippen LogP contribution in [0.5, 0.6) is 0 Å². The SMILES string of the molecule is Cc1ccc(C2CC(c3ccc(N(C)C)cc3)n3ncnc3N2)cc1. The first-order chi connectivity index (χ1) is 12.1. The highest BCUT2D eigenvalue weighted by atomic mass is 15.4. The van der Waals surface area contributed by atoms with Gasteiger partial charge in [0.2, 0.25) is 5.95 Å². The number of rotatable bonds is 3. The maximum Gasteiger partial charge on any atom is 0.222 e. The lowest BCUT2D eigenvalue weighted by Crippen LogP contribution is -2.28. The molecule has 2 atom stereocenters. The first kappa shape index (κ1) is 15.7. The minimum absolute atomic E-state index is 0.182. The van der Waals surface area contributed by atoms with E-state index in [9.17, 15) is 0 Å². The number of nitrogens with zero attached hydrogens (tertiary/aromatic N) is 4. The normalized spacial score (nSPS) is 19.2. The Morgan fingerprint density at radius 1 is 1.00 bits per heavy atom. The zero-order chi connectivity index (χ0) is 17.4. The highest BCUT2D eigenvalue weighted by Gasteiger charge is 2.29. The molecule has 0 radical (unpaired) electrons. The Bertz CT molecular complexity index is 849. The molecule has 5 heteroatoms.